The molecule has 3 aromatic rings. The van der Waals surface area contributed by atoms with Gasteiger partial charge in [-0.3, -0.25) is 9.59 Å². The smallest absolute Gasteiger partial charge is 0.294 e. The average Bonchev–Trinajstić information content (AvgIpc) is 3.33. The highest BCUT2D eigenvalue weighted by Crippen LogP contribution is 2.34. The number of fused-ring (bicyclic) bond motifs is 1. The van der Waals surface area contributed by atoms with Crippen LogP contribution < -0.4 is 15.8 Å². The molecule has 1 saturated heterocycles. The second kappa shape index (κ2) is 7.71. The van der Waals surface area contributed by atoms with Crippen LogP contribution in [0.4, 0.5) is 5.13 Å². The van der Waals surface area contributed by atoms with Gasteiger partial charge in [-0.1, -0.05) is 41.7 Å². The van der Waals surface area contributed by atoms with Gasteiger partial charge in [-0.15, -0.1) is 0 Å². The second-order valence-corrected chi connectivity index (χ2v) is 8.25. The summed E-state index contributed by atoms with van der Waals surface area (Å²) in [7, 11) is 0. The minimum atomic E-state index is -0.324. The third-order valence-corrected chi connectivity index (χ3v) is 5.78. The Bertz CT molecular complexity index is 1050. The lowest BCUT2D eigenvalue weighted by molar-refractivity contribution is -0.122. The summed E-state index contributed by atoms with van der Waals surface area (Å²) in [6, 6.07) is 9.73. The number of anilines is 1. The van der Waals surface area contributed by atoms with Crippen LogP contribution >= 0.6 is 11.3 Å². The molecule has 0 atom stereocenters. The summed E-state index contributed by atoms with van der Waals surface area (Å²) in [5.74, 6) is -0.238. The van der Waals surface area contributed by atoms with E-state index < -0.39 is 0 Å². The number of amides is 1. The van der Waals surface area contributed by atoms with Crippen molar-refractivity contribution in [2.24, 2.45) is 0 Å². The molecule has 0 unspecified atom stereocenters. The number of aromatic nitrogens is 3. The van der Waals surface area contributed by atoms with Crippen molar-refractivity contribution in [3.63, 3.8) is 0 Å². The van der Waals surface area contributed by atoms with E-state index in [1.807, 2.05) is 44.2 Å². The largest absolute Gasteiger partial charge is 0.352 e. The summed E-state index contributed by atoms with van der Waals surface area (Å²) in [5.41, 5.74) is 1.66. The number of nitrogens with one attached hydrogen (secondary N) is 1. The minimum Gasteiger partial charge on any atom is -0.352 e. The fourth-order valence-corrected chi connectivity index (χ4v) is 4.50. The van der Waals surface area contributed by atoms with Crippen molar-refractivity contribution in [2.45, 2.75) is 39.3 Å². The number of hydrogen-bond donors (Lipinski definition) is 1. The maximum atomic E-state index is 13.0. The summed E-state index contributed by atoms with van der Waals surface area (Å²) in [4.78, 5) is 32.1. The van der Waals surface area contributed by atoms with Gasteiger partial charge in [0.2, 0.25) is 5.91 Å². The van der Waals surface area contributed by atoms with E-state index in [4.69, 9.17) is 0 Å². The molecule has 1 N–H and O–H groups in total. The molecular formula is C20H23N5O2S. The van der Waals surface area contributed by atoms with Gasteiger partial charge in [-0.05, 0) is 26.7 Å². The molecule has 2 aromatic heterocycles. The molecule has 1 amide bonds. The van der Waals surface area contributed by atoms with Crippen molar-refractivity contribution in [3.05, 3.63) is 40.7 Å². The fourth-order valence-electron chi connectivity index (χ4n) is 3.39. The maximum absolute atomic E-state index is 13.0. The number of hydrogen-bond acceptors (Lipinski definition) is 6. The Hall–Kier alpha value is -2.74. The molecule has 4 rings (SSSR count). The van der Waals surface area contributed by atoms with Crippen LogP contribution in [0.1, 0.15) is 26.7 Å². The first-order valence-corrected chi connectivity index (χ1v) is 10.4. The lowest BCUT2D eigenvalue weighted by Crippen LogP contribution is -2.37. The summed E-state index contributed by atoms with van der Waals surface area (Å²) < 4.78 is 2.01. The van der Waals surface area contributed by atoms with E-state index in [-0.39, 0.29) is 24.1 Å². The monoisotopic (exact) mass is 397 g/mol. The zero-order valence-electron chi connectivity index (χ0n) is 16.0. The Kier molecular flexibility index (Phi) is 5.13. The number of carbonyl (C=O) groups excluding carboxylic acids is 1. The summed E-state index contributed by atoms with van der Waals surface area (Å²) in [6.45, 7) is 5.56. The first-order chi connectivity index (χ1) is 13.5. The quantitative estimate of drug-likeness (QED) is 0.716. The van der Waals surface area contributed by atoms with Crippen molar-refractivity contribution in [1.29, 1.82) is 0 Å². The first-order valence-electron chi connectivity index (χ1n) is 9.54. The fraction of sp³-hybridized carbons (Fsp3) is 0.400. The standard InChI is InChI=1S/C20H23N5O2S/c1-13(2)21-15(26)12-25-19(27)17-18(16(23-25)14-8-4-3-5-9-14)28-20(22-17)24-10-6-7-11-24/h3-5,8-9,13H,6-7,10-12H2,1-2H3,(H,21,26). The third kappa shape index (κ3) is 3.64. The van der Waals surface area contributed by atoms with Gasteiger partial charge < -0.3 is 10.2 Å². The Morgan fingerprint density at radius 3 is 2.61 bits per heavy atom. The van der Waals surface area contributed by atoms with E-state index >= 15 is 0 Å². The van der Waals surface area contributed by atoms with E-state index in [1.165, 1.54) is 16.0 Å². The molecule has 3 heterocycles. The third-order valence-electron chi connectivity index (χ3n) is 4.66. The summed E-state index contributed by atoms with van der Waals surface area (Å²) in [5, 5.41) is 8.22. The van der Waals surface area contributed by atoms with Crippen molar-refractivity contribution in [3.8, 4) is 11.3 Å². The zero-order valence-corrected chi connectivity index (χ0v) is 16.8. The molecular weight excluding hydrogens is 374 g/mol. The van der Waals surface area contributed by atoms with Crippen LogP contribution in [0.15, 0.2) is 35.1 Å². The molecule has 1 aliphatic heterocycles. The number of carbonyl (C=O) groups is 1. The highest BCUT2D eigenvalue weighted by atomic mass is 32.1. The van der Waals surface area contributed by atoms with E-state index in [1.54, 1.807) is 0 Å². The highest BCUT2D eigenvalue weighted by molar-refractivity contribution is 7.22. The number of thiazole rings is 1. The lowest BCUT2D eigenvalue weighted by Gasteiger charge is -2.11. The molecule has 7 nitrogen and oxygen atoms in total. The second-order valence-electron chi connectivity index (χ2n) is 7.27. The van der Waals surface area contributed by atoms with Crippen molar-refractivity contribution in [2.75, 3.05) is 18.0 Å². The minimum absolute atomic E-state index is 0.00145. The van der Waals surface area contributed by atoms with Crippen LogP contribution in [0.2, 0.25) is 0 Å². The van der Waals surface area contributed by atoms with Crippen LogP contribution in [0.3, 0.4) is 0 Å². The molecule has 0 radical (unpaired) electrons. The van der Waals surface area contributed by atoms with E-state index in [9.17, 15) is 9.59 Å². The van der Waals surface area contributed by atoms with Crippen LogP contribution in [0.25, 0.3) is 21.5 Å². The molecule has 8 heteroatoms. The van der Waals surface area contributed by atoms with Crippen molar-refractivity contribution < 1.29 is 4.79 Å². The van der Waals surface area contributed by atoms with Crippen LogP contribution in [-0.4, -0.2) is 39.8 Å². The summed E-state index contributed by atoms with van der Waals surface area (Å²) in [6.07, 6.45) is 2.28. The predicted octanol–water partition coefficient (Wildman–Crippen LogP) is 2.64. The zero-order chi connectivity index (χ0) is 19.7. The molecule has 28 heavy (non-hydrogen) atoms. The van der Waals surface area contributed by atoms with Gasteiger partial charge in [-0.2, -0.15) is 5.10 Å². The van der Waals surface area contributed by atoms with Gasteiger partial charge in [-0.25, -0.2) is 9.67 Å². The number of rotatable bonds is 5. The topological polar surface area (TPSA) is 80.1 Å². The van der Waals surface area contributed by atoms with Crippen molar-refractivity contribution >= 4 is 32.6 Å². The van der Waals surface area contributed by atoms with Gasteiger partial charge in [0.15, 0.2) is 10.6 Å². The molecule has 1 fully saturated rings. The van der Waals surface area contributed by atoms with Crippen LogP contribution in [0.5, 0.6) is 0 Å². The van der Waals surface area contributed by atoms with Gasteiger partial charge >= 0.3 is 0 Å². The van der Waals surface area contributed by atoms with Gasteiger partial charge in [0.1, 0.15) is 12.2 Å². The van der Waals surface area contributed by atoms with Crippen LogP contribution in [-0.2, 0) is 11.3 Å². The Labute approximate surface area is 167 Å². The van der Waals surface area contributed by atoms with Gasteiger partial charge in [0.25, 0.3) is 5.56 Å². The van der Waals surface area contributed by atoms with Gasteiger partial charge in [0, 0.05) is 24.7 Å². The highest BCUT2D eigenvalue weighted by Gasteiger charge is 2.22. The van der Waals surface area contributed by atoms with Gasteiger partial charge in [0.05, 0.1) is 4.70 Å². The molecule has 1 aliphatic rings. The predicted molar refractivity (Wildman–Crippen MR) is 112 cm³/mol. The van der Waals surface area contributed by atoms with Crippen molar-refractivity contribution in [1.82, 2.24) is 20.1 Å². The maximum Gasteiger partial charge on any atom is 0.294 e. The molecule has 0 spiro atoms. The molecule has 146 valence electrons. The lowest BCUT2D eigenvalue weighted by atomic mass is 10.1. The average molecular weight is 398 g/mol. The SMILES string of the molecule is CC(C)NC(=O)Cn1nc(-c2ccccc2)c2sc(N3CCCC3)nc2c1=O. The Morgan fingerprint density at radius 1 is 1.21 bits per heavy atom. The normalized spacial score (nSPS) is 14.2. The molecule has 0 aliphatic carbocycles. The van der Waals surface area contributed by atoms with E-state index in [2.05, 4.69) is 20.3 Å². The Morgan fingerprint density at radius 2 is 1.93 bits per heavy atom. The van der Waals surface area contributed by atoms with Crippen LogP contribution in [0, 0.1) is 0 Å². The number of benzene rings is 1. The Balaban J connectivity index is 1.85. The van der Waals surface area contributed by atoms with E-state index in [0.29, 0.717) is 11.2 Å². The summed E-state index contributed by atoms with van der Waals surface area (Å²) >= 11 is 1.51. The molecule has 0 saturated carbocycles. The molecule has 1 aromatic carbocycles. The molecule has 0 bridgehead atoms. The first kappa shape index (κ1) is 18.6. The number of nitrogens with zero attached hydrogens (tertiary/aromatic N) is 4. The van der Waals surface area contributed by atoms with E-state index in [0.717, 1.165) is 41.3 Å².